The Balaban J connectivity index is 1.39. The Kier molecular flexibility index (Phi) is 4.80. The zero-order chi connectivity index (χ0) is 18.1. The molecule has 1 N–H and O–H groups in total. The molecule has 1 aliphatic carbocycles. The van der Waals surface area contributed by atoms with Gasteiger partial charge in [-0.05, 0) is 24.3 Å². The van der Waals surface area contributed by atoms with Gasteiger partial charge in [-0.2, -0.15) is 0 Å². The second-order valence-electron chi connectivity index (χ2n) is 7.15. The van der Waals surface area contributed by atoms with E-state index in [1.165, 1.54) is 0 Å². The van der Waals surface area contributed by atoms with Crippen molar-refractivity contribution in [2.24, 2.45) is 13.0 Å². The molecule has 6 nitrogen and oxygen atoms in total. The Morgan fingerprint density at radius 1 is 1.38 bits per heavy atom. The maximum absolute atomic E-state index is 12.6. The first-order valence-corrected chi connectivity index (χ1v) is 10.1. The third-order valence-electron chi connectivity index (χ3n) is 5.50. The van der Waals surface area contributed by atoms with Crippen LogP contribution in [-0.4, -0.2) is 32.8 Å². The number of amides is 2. The fourth-order valence-corrected chi connectivity index (χ4v) is 4.26. The molecule has 2 aromatic rings. The van der Waals surface area contributed by atoms with Crippen LogP contribution in [0.2, 0.25) is 0 Å². The normalized spacial score (nSPS) is 16.9. The highest BCUT2D eigenvalue weighted by molar-refractivity contribution is 7.10. The number of nitrogens with one attached hydrogen (secondary N) is 1. The van der Waals surface area contributed by atoms with Crippen molar-refractivity contribution in [2.45, 2.75) is 45.2 Å². The van der Waals surface area contributed by atoms with Gasteiger partial charge in [0.2, 0.25) is 11.8 Å². The molecule has 7 heteroatoms. The third-order valence-corrected chi connectivity index (χ3v) is 6.38. The average Bonchev–Trinajstić information content (AvgIpc) is 3.19. The Bertz CT molecular complexity index is 808. The summed E-state index contributed by atoms with van der Waals surface area (Å²) in [5.74, 6) is 1.37. The largest absolute Gasteiger partial charge is 0.349 e. The summed E-state index contributed by atoms with van der Waals surface area (Å²) in [6.45, 7) is 1.77. The molecule has 2 aromatic heterocycles. The molecule has 0 bridgehead atoms. The maximum Gasteiger partial charge on any atom is 0.228 e. The van der Waals surface area contributed by atoms with Crippen LogP contribution in [0.1, 0.15) is 41.4 Å². The van der Waals surface area contributed by atoms with E-state index in [9.17, 15) is 9.59 Å². The molecule has 1 saturated carbocycles. The van der Waals surface area contributed by atoms with Crippen molar-refractivity contribution in [3.63, 3.8) is 0 Å². The fraction of sp³-hybridized carbons (Fsp3) is 0.526. The highest BCUT2D eigenvalue weighted by atomic mass is 32.1. The van der Waals surface area contributed by atoms with E-state index in [0.717, 1.165) is 47.8 Å². The number of thiophene rings is 1. The molecule has 1 aliphatic heterocycles. The van der Waals surface area contributed by atoms with Gasteiger partial charge in [0.15, 0.2) is 0 Å². The maximum atomic E-state index is 12.6. The SMILES string of the molecule is Cn1c(CNC(=O)C2CCC2)nc2c1CN(C(=O)Cc1cccs1)CC2. The number of nitrogens with zero attached hydrogens (tertiary/aromatic N) is 3. The number of imidazole rings is 1. The summed E-state index contributed by atoms with van der Waals surface area (Å²) in [6, 6.07) is 3.98. The molecular weight excluding hydrogens is 348 g/mol. The fourth-order valence-electron chi connectivity index (χ4n) is 3.57. The molecule has 0 spiro atoms. The average molecular weight is 372 g/mol. The van der Waals surface area contributed by atoms with Gasteiger partial charge in [0.25, 0.3) is 0 Å². The molecule has 0 saturated heterocycles. The molecule has 0 unspecified atom stereocenters. The van der Waals surface area contributed by atoms with E-state index < -0.39 is 0 Å². The van der Waals surface area contributed by atoms with Crippen molar-refractivity contribution in [1.82, 2.24) is 19.8 Å². The highest BCUT2D eigenvalue weighted by Gasteiger charge is 2.27. The van der Waals surface area contributed by atoms with Gasteiger partial charge in [0, 0.05) is 30.8 Å². The Morgan fingerprint density at radius 2 is 2.23 bits per heavy atom. The first-order chi connectivity index (χ1) is 12.6. The second-order valence-corrected chi connectivity index (χ2v) is 8.18. The standard InChI is InChI=1S/C19H24N4O2S/c1-22-16-12-23(18(24)10-14-6-3-9-26-14)8-7-15(16)21-17(22)11-20-19(25)13-4-2-5-13/h3,6,9,13H,2,4-5,7-8,10-12H2,1H3,(H,20,25). The van der Waals surface area contributed by atoms with E-state index >= 15 is 0 Å². The Morgan fingerprint density at radius 3 is 2.92 bits per heavy atom. The van der Waals surface area contributed by atoms with Crippen LogP contribution in [0.4, 0.5) is 0 Å². The quantitative estimate of drug-likeness (QED) is 0.873. The molecule has 138 valence electrons. The lowest BCUT2D eigenvalue weighted by molar-refractivity contribution is -0.131. The van der Waals surface area contributed by atoms with Crippen LogP contribution < -0.4 is 5.32 Å². The van der Waals surface area contributed by atoms with Crippen LogP contribution in [0.5, 0.6) is 0 Å². The lowest BCUT2D eigenvalue weighted by Crippen LogP contribution is -2.37. The first-order valence-electron chi connectivity index (χ1n) is 9.23. The molecule has 4 rings (SSSR count). The van der Waals surface area contributed by atoms with Crippen LogP contribution >= 0.6 is 11.3 Å². The van der Waals surface area contributed by atoms with E-state index in [1.54, 1.807) is 11.3 Å². The summed E-state index contributed by atoms with van der Waals surface area (Å²) in [6.07, 6.45) is 4.41. The molecular formula is C19H24N4O2S. The van der Waals surface area contributed by atoms with Crippen LogP contribution in [0.15, 0.2) is 17.5 Å². The smallest absolute Gasteiger partial charge is 0.228 e. The van der Waals surface area contributed by atoms with Gasteiger partial charge in [0.1, 0.15) is 5.82 Å². The molecule has 0 atom stereocenters. The number of rotatable bonds is 5. The summed E-state index contributed by atoms with van der Waals surface area (Å²) in [5.41, 5.74) is 2.14. The zero-order valence-electron chi connectivity index (χ0n) is 15.0. The van der Waals surface area contributed by atoms with E-state index in [2.05, 4.69) is 5.32 Å². The molecule has 26 heavy (non-hydrogen) atoms. The Hall–Kier alpha value is -2.15. The van der Waals surface area contributed by atoms with Gasteiger partial charge in [-0.3, -0.25) is 9.59 Å². The van der Waals surface area contributed by atoms with Crippen LogP contribution in [0.3, 0.4) is 0 Å². The minimum absolute atomic E-state index is 0.143. The predicted molar refractivity (Wildman–Crippen MR) is 99.5 cm³/mol. The molecule has 1 fully saturated rings. The summed E-state index contributed by atoms with van der Waals surface area (Å²) in [7, 11) is 1.98. The summed E-state index contributed by atoms with van der Waals surface area (Å²) in [4.78, 5) is 32.3. The Labute approximate surface area is 157 Å². The number of carbonyl (C=O) groups is 2. The van der Waals surface area contributed by atoms with Gasteiger partial charge < -0.3 is 14.8 Å². The van der Waals surface area contributed by atoms with Crippen molar-refractivity contribution < 1.29 is 9.59 Å². The molecule has 2 amide bonds. The minimum Gasteiger partial charge on any atom is -0.349 e. The molecule has 0 radical (unpaired) electrons. The number of carbonyl (C=O) groups excluding carboxylic acids is 2. The van der Waals surface area contributed by atoms with Gasteiger partial charge in [0.05, 0.1) is 30.9 Å². The van der Waals surface area contributed by atoms with Crippen molar-refractivity contribution in [2.75, 3.05) is 6.54 Å². The summed E-state index contributed by atoms with van der Waals surface area (Å²) < 4.78 is 2.04. The number of hydrogen-bond donors (Lipinski definition) is 1. The van der Waals surface area contributed by atoms with Crippen LogP contribution in [-0.2, 0) is 42.6 Å². The lowest BCUT2D eigenvalue weighted by atomic mass is 9.85. The van der Waals surface area contributed by atoms with Crippen molar-refractivity contribution in [1.29, 1.82) is 0 Å². The van der Waals surface area contributed by atoms with Crippen LogP contribution in [0, 0.1) is 5.92 Å². The summed E-state index contributed by atoms with van der Waals surface area (Å²) in [5, 5.41) is 5.02. The van der Waals surface area contributed by atoms with Crippen molar-refractivity contribution in [3.8, 4) is 0 Å². The molecule has 0 aromatic carbocycles. The van der Waals surface area contributed by atoms with Gasteiger partial charge >= 0.3 is 0 Å². The van der Waals surface area contributed by atoms with Crippen LogP contribution in [0.25, 0.3) is 0 Å². The molecule has 3 heterocycles. The first kappa shape index (κ1) is 17.3. The predicted octanol–water partition coefficient (Wildman–Crippen LogP) is 2.03. The van der Waals surface area contributed by atoms with E-state index in [4.69, 9.17) is 4.98 Å². The highest BCUT2D eigenvalue weighted by Crippen LogP contribution is 2.26. The van der Waals surface area contributed by atoms with Gasteiger partial charge in [-0.25, -0.2) is 4.98 Å². The van der Waals surface area contributed by atoms with E-state index in [1.807, 2.05) is 34.0 Å². The van der Waals surface area contributed by atoms with Crippen molar-refractivity contribution >= 4 is 23.2 Å². The number of hydrogen-bond acceptors (Lipinski definition) is 4. The lowest BCUT2D eigenvalue weighted by Gasteiger charge is -2.27. The zero-order valence-corrected chi connectivity index (χ0v) is 15.8. The number of fused-ring (bicyclic) bond motifs is 1. The topological polar surface area (TPSA) is 67.2 Å². The monoisotopic (exact) mass is 372 g/mol. The van der Waals surface area contributed by atoms with Gasteiger partial charge in [-0.15, -0.1) is 11.3 Å². The summed E-state index contributed by atoms with van der Waals surface area (Å²) >= 11 is 1.62. The second kappa shape index (κ2) is 7.23. The third kappa shape index (κ3) is 3.40. The van der Waals surface area contributed by atoms with Gasteiger partial charge in [-0.1, -0.05) is 12.5 Å². The number of aromatic nitrogens is 2. The van der Waals surface area contributed by atoms with E-state index in [0.29, 0.717) is 26.1 Å². The van der Waals surface area contributed by atoms with Crippen molar-refractivity contribution in [3.05, 3.63) is 39.6 Å². The molecule has 2 aliphatic rings. The van der Waals surface area contributed by atoms with E-state index in [-0.39, 0.29) is 17.7 Å². The minimum atomic E-state index is 0.143.